The number of rotatable bonds is 3. The molecule has 0 bridgehead atoms. The summed E-state index contributed by atoms with van der Waals surface area (Å²) >= 11 is 0. The number of nitriles is 1. The van der Waals surface area contributed by atoms with Crippen LogP contribution in [0.3, 0.4) is 0 Å². The molecule has 0 amide bonds. The van der Waals surface area contributed by atoms with Crippen molar-refractivity contribution in [2.75, 3.05) is 0 Å². The fourth-order valence-electron chi connectivity index (χ4n) is 2.16. The summed E-state index contributed by atoms with van der Waals surface area (Å²) in [6, 6.07) is 14.0. The molecule has 1 aromatic carbocycles. The maximum atomic E-state index is 9.21. The Labute approximate surface area is 122 Å². The van der Waals surface area contributed by atoms with Gasteiger partial charge in [-0.15, -0.1) is 5.10 Å². The fourth-order valence-corrected chi connectivity index (χ4v) is 2.16. The summed E-state index contributed by atoms with van der Waals surface area (Å²) in [7, 11) is 0. The third kappa shape index (κ3) is 2.65. The first-order valence-electron chi connectivity index (χ1n) is 6.57. The van der Waals surface area contributed by atoms with E-state index in [2.05, 4.69) is 52.6 Å². The quantitative estimate of drug-likeness (QED) is 0.736. The summed E-state index contributed by atoms with van der Waals surface area (Å²) in [6.07, 6.45) is 3.39. The van der Waals surface area contributed by atoms with Crippen LogP contribution in [0.25, 0.3) is 11.3 Å². The summed E-state index contributed by atoms with van der Waals surface area (Å²) < 4.78 is 1.75. The molecule has 3 rings (SSSR count). The van der Waals surface area contributed by atoms with Crippen LogP contribution < -0.4 is 0 Å². The van der Waals surface area contributed by atoms with Crippen molar-refractivity contribution in [3.63, 3.8) is 0 Å². The van der Waals surface area contributed by atoms with Crippen molar-refractivity contribution < 1.29 is 0 Å². The summed E-state index contributed by atoms with van der Waals surface area (Å²) in [6.45, 7) is 2.63. The first kappa shape index (κ1) is 13.0. The second-order valence-electron chi connectivity index (χ2n) is 4.78. The minimum Gasteiger partial charge on any atom is -0.265 e. The van der Waals surface area contributed by atoms with Gasteiger partial charge < -0.3 is 0 Å². The number of benzene rings is 1. The van der Waals surface area contributed by atoms with Crippen molar-refractivity contribution in [3.8, 4) is 17.3 Å². The highest BCUT2D eigenvalue weighted by Crippen LogP contribution is 2.21. The van der Waals surface area contributed by atoms with E-state index >= 15 is 0 Å². The highest BCUT2D eigenvalue weighted by molar-refractivity contribution is 5.64. The normalized spacial score (nSPS) is 10.3. The van der Waals surface area contributed by atoms with E-state index in [9.17, 15) is 5.26 Å². The van der Waals surface area contributed by atoms with Gasteiger partial charge in [0, 0.05) is 18.0 Å². The maximum Gasteiger partial charge on any atom is 0.190 e. The van der Waals surface area contributed by atoms with E-state index in [4.69, 9.17) is 0 Å². The Morgan fingerprint density at radius 2 is 1.81 bits per heavy atom. The molecule has 0 fully saturated rings. The molecule has 0 spiro atoms. The molecule has 0 radical (unpaired) electrons. The predicted octanol–water partition coefficient (Wildman–Crippen LogP) is 2.57. The lowest BCUT2D eigenvalue weighted by atomic mass is 10.1. The van der Waals surface area contributed by atoms with Gasteiger partial charge >= 0.3 is 0 Å². The van der Waals surface area contributed by atoms with Gasteiger partial charge in [0.1, 0.15) is 11.8 Å². The summed E-state index contributed by atoms with van der Waals surface area (Å²) in [5.74, 6) is 0. The van der Waals surface area contributed by atoms with Crippen LogP contribution in [0, 0.1) is 18.3 Å². The predicted molar refractivity (Wildman–Crippen MR) is 78.2 cm³/mol. The molecule has 0 atom stereocenters. The minimum atomic E-state index is 0.327. The highest BCUT2D eigenvalue weighted by atomic mass is 15.4. The number of hydrogen-bond acceptors (Lipinski definition) is 4. The fraction of sp³-hybridized carbons (Fsp3) is 0.125. The van der Waals surface area contributed by atoms with Crippen molar-refractivity contribution in [1.82, 2.24) is 20.0 Å². The number of nitrogens with zero attached hydrogens (tertiary/aromatic N) is 5. The van der Waals surface area contributed by atoms with E-state index in [1.165, 1.54) is 5.56 Å². The first-order chi connectivity index (χ1) is 10.3. The lowest BCUT2D eigenvalue weighted by molar-refractivity contribution is 0.655. The van der Waals surface area contributed by atoms with Crippen LogP contribution in [0.5, 0.6) is 0 Å². The Morgan fingerprint density at radius 3 is 2.48 bits per heavy atom. The Kier molecular flexibility index (Phi) is 3.44. The van der Waals surface area contributed by atoms with Gasteiger partial charge in [0.25, 0.3) is 0 Å². The van der Waals surface area contributed by atoms with Crippen molar-refractivity contribution in [3.05, 3.63) is 65.6 Å². The molecule has 3 aromatic rings. The molecule has 5 heteroatoms. The lowest BCUT2D eigenvalue weighted by Gasteiger charge is -2.07. The highest BCUT2D eigenvalue weighted by Gasteiger charge is 2.14. The standard InChI is InChI=1S/C16H13N5/c1-12-2-4-13(5-3-12)11-21-16(15(10-17)19-20-21)14-6-8-18-9-7-14/h2-9H,11H2,1H3. The summed E-state index contributed by atoms with van der Waals surface area (Å²) in [5.41, 5.74) is 4.27. The van der Waals surface area contributed by atoms with E-state index in [-0.39, 0.29) is 0 Å². The van der Waals surface area contributed by atoms with Gasteiger partial charge in [0.05, 0.1) is 6.54 Å². The molecular formula is C16H13N5. The Hall–Kier alpha value is -3.00. The molecular weight excluding hydrogens is 262 g/mol. The molecule has 0 aliphatic rings. The first-order valence-corrected chi connectivity index (χ1v) is 6.57. The van der Waals surface area contributed by atoms with Gasteiger partial charge in [-0.1, -0.05) is 35.0 Å². The maximum absolute atomic E-state index is 9.21. The zero-order valence-electron chi connectivity index (χ0n) is 11.6. The van der Waals surface area contributed by atoms with Gasteiger partial charge in [0.15, 0.2) is 5.69 Å². The van der Waals surface area contributed by atoms with Gasteiger partial charge in [0.2, 0.25) is 0 Å². The molecule has 102 valence electrons. The van der Waals surface area contributed by atoms with Gasteiger partial charge in [-0.2, -0.15) is 5.26 Å². The van der Waals surface area contributed by atoms with Crippen molar-refractivity contribution >= 4 is 0 Å². The van der Waals surface area contributed by atoms with Crippen LogP contribution >= 0.6 is 0 Å². The third-order valence-corrected chi connectivity index (χ3v) is 3.25. The van der Waals surface area contributed by atoms with E-state index in [0.29, 0.717) is 12.2 Å². The smallest absolute Gasteiger partial charge is 0.190 e. The van der Waals surface area contributed by atoms with Crippen LogP contribution in [0.15, 0.2) is 48.8 Å². The molecule has 2 heterocycles. The topological polar surface area (TPSA) is 67.4 Å². The number of pyridine rings is 1. The largest absolute Gasteiger partial charge is 0.265 e. The van der Waals surface area contributed by atoms with Crippen molar-refractivity contribution in [2.24, 2.45) is 0 Å². The number of aryl methyl sites for hydroxylation is 1. The molecule has 21 heavy (non-hydrogen) atoms. The molecule has 0 saturated carbocycles. The van der Waals surface area contributed by atoms with Crippen LogP contribution in [0.4, 0.5) is 0 Å². The molecule has 0 saturated heterocycles. The SMILES string of the molecule is Cc1ccc(Cn2nnc(C#N)c2-c2ccncc2)cc1. The molecule has 0 N–H and O–H groups in total. The van der Waals surface area contributed by atoms with Crippen LogP contribution in [-0.2, 0) is 6.54 Å². The van der Waals surface area contributed by atoms with Crippen molar-refractivity contribution in [1.29, 1.82) is 5.26 Å². The summed E-state index contributed by atoms with van der Waals surface area (Å²) in [5, 5.41) is 17.3. The van der Waals surface area contributed by atoms with Crippen LogP contribution in [0.1, 0.15) is 16.8 Å². The van der Waals surface area contributed by atoms with Gasteiger partial charge in [-0.05, 0) is 24.6 Å². The van der Waals surface area contributed by atoms with Gasteiger partial charge in [-0.25, -0.2) is 4.68 Å². The average molecular weight is 275 g/mol. The monoisotopic (exact) mass is 275 g/mol. The average Bonchev–Trinajstić information content (AvgIpc) is 2.93. The number of aromatic nitrogens is 4. The lowest BCUT2D eigenvalue weighted by Crippen LogP contribution is -2.04. The molecule has 0 aliphatic carbocycles. The van der Waals surface area contributed by atoms with E-state index < -0.39 is 0 Å². The number of hydrogen-bond donors (Lipinski definition) is 0. The second-order valence-corrected chi connectivity index (χ2v) is 4.78. The van der Waals surface area contributed by atoms with Gasteiger partial charge in [-0.3, -0.25) is 4.98 Å². The van der Waals surface area contributed by atoms with E-state index in [0.717, 1.165) is 16.8 Å². The Balaban J connectivity index is 2.02. The second kappa shape index (κ2) is 5.55. The zero-order valence-corrected chi connectivity index (χ0v) is 11.6. The van der Waals surface area contributed by atoms with Crippen LogP contribution in [-0.4, -0.2) is 20.0 Å². The molecule has 5 nitrogen and oxygen atoms in total. The zero-order chi connectivity index (χ0) is 14.7. The van der Waals surface area contributed by atoms with E-state index in [1.807, 2.05) is 12.1 Å². The Bertz CT molecular complexity index is 782. The third-order valence-electron chi connectivity index (χ3n) is 3.25. The minimum absolute atomic E-state index is 0.327. The van der Waals surface area contributed by atoms with Crippen LogP contribution in [0.2, 0.25) is 0 Å². The molecule has 0 aliphatic heterocycles. The van der Waals surface area contributed by atoms with E-state index in [1.54, 1.807) is 17.1 Å². The molecule has 0 unspecified atom stereocenters. The Morgan fingerprint density at radius 1 is 1.10 bits per heavy atom. The molecule has 2 aromatic heterocycles. The summed E-state index contributed by atoms with van der Waals surface area (Å²) in [4.78, 5) is 4.00. The van der Waals surface area contributed by atoms with Crippen molar-refractivity contribution in [2.45, 2.75) is 13.5 Å².